The number of benzene rings is 4. The van der Waals surface area contributed by atoms with Crippen molar-refractivity contribution >= 4 is 3.21 Å². The van der Waals surface area contributed by atoms with Gasteiger partial charge in [-0.25, -0.2) is 12.1 Å². The molecule has 3 heteroatoms. The van der Waals surface area contributed by atoms with Crippen LogP contribution in [-0.2, 0) is 54.3 Å². The Bertz CT molecular complexity index is 1560. The Morgan fingerprint density at radius 1 is 0.667 bits per heavy atom. The van der Waals surface area contributed by atoms with Gasteiger partial charge in [-0.15, -0.1) is 16.7 Å². The monoisotopic (exact) mass is 752 g/mol. The van der Waals surface area contributed by atoms with E-state index in [0.29, 0.717) is 0 Å². The molecule has 0 aromatic heterocycles. The summed E-state index contributed by atoms with van der Waals surface area (Å²) in [7, 11) is 0. The molecule has 1 aliphatic rings. The van der Waals surface area contributed by atoms with Crippen LogP contribution in [0.5, 0.6) is 0 Å². The van der Waals surface area contributed by atoms with E-state index < -0.39 is 0 Å². The average molecular weight is 755 g/mol. The van der Waals surface area contributed by atoms with Crippen molar-refractivity contribution in [1.29, 1.82) is 0 Å². The second kappa shape index (κ2) is 19.1. The van der Waals surface area contributed by atoms with Gasteiger partial charge in [-0.3, -0.25) is 0 Å². The average Bonchev–Trinajstić information content (AvgIpc) is 3.70. The predicted octanol–water partition coefficient (Wildman–Crippen LogP) is 5.65. The van der Waals surface area contributed by atoms with Crippen molar-refractivity contribution in [3.8, 4) is 11.1 Å². The van der Waals surface area contributed by atoms with Gasteiger partial charge < -0.3 is 24.8 Å². The molecule has 0 saturated carbocycles. The predicted molar refractivity (Wildman–Crippen MR) is 197 cm³/mol. The van der Waals surface area contributed by atoms with Crippen LogP contribution in [0.1, 0.15) is 98.9 Å². The van der Waals surface area contributed by atoms with E-state index in [4.69, 9.17) is 0 Å². The van der Waals surface area contributed by atoms with Crippen LogP contribution >= 0.6 is 0 Å². The molecule has 5 aromatic rings. The molecule has 0 fully saturated rings. The molecule has 5 aromatic carbocycles. The zero-order chi connectivity index (χ0) is 33.3. The summed E-state index contributed by atoms with van der Waals surface area (Å²) in [5.74, 6) is 0. The van der Waals surface area contributed by atoms with Gasteiger partial charge in [0.05, 0.1) is 0 Å². The molecule has 0 unspecified atom stereocenters. The van der Waals surface area contributed by atoms with Crippen molar-refractivity contribution in [2.24, 2.45) is 0 Å². The summed E-state index contributed by atoms with van der Waals surface area (Å²) in [5, 5.41) is 0. The fraction of sp³-hybridized carbons (Fsp3) is 0.333. The van der Waals surface area contributed by atoms with E-state index in [-0.39, 0.29) is 35.6 Å². The van der Waals surface area contributed by atoms with Gasteiger partial charge in [-0.2, -0.15) is 35.9 Å². The van der Waals surface area contributed by atoms with Crippen LogP contribution in [0.3, 0.4) is 0 Å². The normalized spacial score (nSPS) is 11.4. The molecule has 0 bridgehead atoms. The van der Waals surface area contributed by atoms with Crippen molar-refractivity contribution in [2.45, 2.75) is 98.3 Å². The maximum atomic E-state index is 3.69. The molecule has 0 atom stereocenters. The van der Waals surface area contributed by atoms with Gasteiger partial charge in [-0.05, 0) is 35.4 Å². The van der Waals surface area contributed by atoms with E-state index in [1.165, 1.54) is 81.3 Å². The Morgan fingerprint density at radius 3 is 1.58 bits per heavy atom. The van der Waals surface area contributed by atoms with E-state index >= 15 is 0 Å². The Morgan fingerprint density at radius 2 is 1.15 bits per heavy atom. The molecule has 0 spiro atoms. The third kappa shape index (κ3) is 12.2. The van der Waals surface area contributed by atoms with Crippen molar-refractivity contribution in [3.05, 3.63) is 160 Å². The molecule has 6 rings (SSSR count). The van der Waals surface area contributed by atoms with Crippen LogP contribution in [0.4, 0.5) is 0 Å². The molecule has 0 N–H and O–H groups in total. The van der Waals surface area contributed by atoms with Gasteiger partial charge >= 0.3 is 125 Å². The second-order valence-corrected chi connectivity index (χ2v) is 16.5. The van der Waals surface area contributed by atoms with Gasteiger partial charge in [0.25, 0.3) is 0 Å². The summed E-state index contributed by atoms with van der Waals surface area (Å²) in [6.45, 7) is 18.2. The van der Waals surface area contributed by atoms with Crippen LogP contribution < -0.4 is 24.8 Å². The number of aryl methyl sites for hydroxylation is 4. The molecule has 0 aliphatic heterocycles. The maximum Gasteiger partial charge on any atom is -0.172 e. The zero-order valence-corrected chi connectivity index (χ0v) is 34.2. The number of fused-ring (bicyclic) bond motifs is 3. The SMILES string of the molecule is Cc1[c-]c2c(cc1C(C)(C)C)-c1cc(C(C)(C)C)c(C)cc1C2.[Cl-].[Cl-].[Zr+2]=[C](CCc1ccccc1)CCc1ccccc1.c1cc[cH-]c1. The van der Waals surface area contributed by atoms with Crippen LogP contribution in [0.15, 0.2) is 109 Å². The molecule has 0 heterocycles. The topological polar surface area (TPSA) is 0 Å². The van der Waals surface area contributed by atoms with Gasteiger partial charge in [0, 0.05) is 0 Å². The Labute approximate surface area is 319 Å². The summed E-state index contributed by atoms with van der Waals surface area (Å²) >= 11 is 1.60. The first-order chi connectivity index (χ1) is 21.8. The fourth-order valence-corrected chi connectivity index (χ4v) is 6.96. The van der Waals surface area contributed by atoms with Crippen LogP contribution in [-0.4, -0.2) is 3.21 Å². The van der Waals surface area contributed by atoms with Crippen molar-refractivity contribution in [3.63, 3.8) is 0 Å². The second-order valence-electron chi connectivity index (χ2n) is 14.7. The Hall–Kier alpha value is -2.44. The Kier molecular flexibility index (Phi) is 16.6. The summed E-state index contributed by atoms with van der Waals surface area (Å²) in [5.41, 5.74) is 14.5. The molecule has 0 radical (unpaired) electrons. The van der Waals surface area contributed by atoms with Gasteiger partial charge in [0.15, 0.2) is 0 Å². The molecule has 252 valence electrons. The van der Waals surface area contributed by atoms with Crippen LogP contribution in [0, 0.1) is 19.9 Å². The van der Waals surface area contributed by atoms with E-state index in [2.05, 4.69) is 140 Å². The van der Waals surface area contributed by atoms with E-state index in [1.54, 1.807) is 27.4 Å². The summed E-state index contributed by atoms with van der Waals surface area (Å²) in [6, 6.07) is 42.5. The largest absolute Gasteiger partial charge is 0.214 e. The third-order valence-electron chi connectivity index (χ3n) is 8.75. The Balaban J connectivity index is 0.000000286. The first-order valence-corrected chi connectivity index (χ1v) is 18.1. The quantitative estimate of drug-likeness (QED) is 0.193. The third-order valence-corrected chi connectivity index (χ3v) is 9.98. The first-order valence-electron chi connectivity index (χ1n) is 16.8. The molecule has 0 saturated heterocycles. The summed E-state index contributed by atoms with van der Waals surface area (Å²) in [6.07, 6.45) is 5.90. The van der Waals surface area contributed by atoms with Crippen LogP contribution in [0.25, 0.3) is 11.1 Å². The van der Waals surface area contributed by atoms with Gasteiger partial charge in [-0.1, -0.05) is 71.6 Å². The standard InChI is InChI=1S/C23H29.C17H18.C5H5.2ClH.Zr/c1-14-9-16-11-17-10-15(2)21(23(6,7)8)13-19(17)18(16)12-20(14)22(3,4)5;1-4-10-16(11-5-1)14-8-3-9-15-17-12-6-2-7-13-17;1-2-4-5-3-1;;;/h9,12-13H,11H2,1-8H3;1-2,4-7,10-13H,8-9,14-15H2;1-5H;2*1H;/q-1;;-1;;;+2/p-2. The zero-order valence-electron chi connectivity index (χ0n) is 30.2. The smallest absolute Gasteiger partial charge is 0.172 e. The molecule has 0 amide bonds. The molecule has 0 nitrogen and oxygen atoms in total. The molecule has 1 aliphatic carbocycles. The van der Waals surface area contributed by atoms with E-state index in [1.807, 2.05) is 30.3 Å². The number of rotatable bonds is 6. The van der Waals surface area contributed by atoms with Crippen molar-refractivity contribution < 1.29 is 49.0 Å². The van der Waals surface area contributed by atoms with Gasteiger partial charge in [0.2, 0.25) is 0 Å². The minimum atomic E-state index is 0. The van der Waals surface area contributed by atoms with Crippen molar-refractivity contribution in [2.75, 3.05) is 0 Å². The number of halogens is 2. The minimum absolute atomic E-state index is 0. The number of hydrogen-bond acceptors (Lipinski definition) is 0. The fourth-order valence-electron chi connectivity index (χ4n) is 6.35. The first kappa shape index (κ1) is 41.7. The number of hydrogen-bond donors (Lipinski definition) is 0. The van der Waals surface area contributed by atoms with Crippen molar-refractivity contribution in [1.82, 2.24) is 0 Å². The van der Waals surface area contributed by atoms with Gasteiger partial charge in [0.1, 0.15) is 0 Å². The summed E-state index contributed by atoms with van der Waals surface area (Å²) < 4.78 is 1.69. The van der Waals surface area contributed by atoms with E-state index in [0.717, 1.165) is 6.42 Å². The summed E-state index contributed by atoms with van der Waals surface area (Å²) in [4.78, 5) is 0. The van der Waals surface area contributed by atoms with Crippen LogP contribution in [0.2, 0.25) is 0 Å². The minimum Gasteiger partial charge on any atom is -0.214 e. The molecule has 48 heavy (non-hydrogen) atoms. The maximum absolute atomic E-state index is 3.69. The van der Waals surface area contributed by atoms with E-state index in [9.17, 15) is 0 Å². The molecular formula is C45H52Cl2Zr-2. The molecular weight excluding hydrogens is 703 g/mol.